The number of halogens is 3. The molecule has 2 aromatic heterocycles. The number of aromatic amines is 1. The van der Waals surface area contributed by atoms with E-state index in [2.05, 4.69) is 14.8 Å². The van der Waals surface area contributed by atoms with Crippen molar-refractivity contribution in [1.29, 1.82) is 0 Å². The molecule has 0 radical (unpaired) electrons. The number of aryl methyl sites for hydroxylation is 1. The zero-order chi connectivity index (χ0) is 22.9. The summed E-state index contributed by atoms with van der Waals surface area (Å²) in [7, 11) is 1.75. The second kappa shape index (κ2) is 8.29. The number of hydrogen-bond acceptors (Lipinski definition) is 4. The van der Waals surface area contributed by atoms with Gasteiger partial charge < -0.3 is 19.6 Å². The van der Waals surface area contributed by atoms with E-state index >= 15 is 0 Å². The highest BCUT2D eigenvalue weighted by Crippen LogP contribution is 2.27. The van der Waals surface area contributed by atoms with Crippen molar-refractivity contribution in [1.82, 2.24) is 14.8 Å². The minimum absolute atomic E-state index is 0.0681. The third-order valence-corrected chi connectivity index (χ3v) is 4.83. The summed E-state index contributed by atoms with van der Waals surface area (Å²) in [6.45, 7) is 0.215. The van der Waals surface area contributed by atoms with Gasteiger partial charge in [-0.25, -0.2) is 0 Å². The summed E-state index contributed by atoms with van der Waals surface area (Å²) in [5, 5.41) is 14.2. The number of aromatic nitrogens is 3. The number of benzene rings is 2. The van der Waals surface area contributed by atoms with Crippen molar-refractivity contribution in [2.24, 2.45) is 7.05 Å². The number of fused-ring (bicyclic) bond motifs is 1. The number of alkyl halides is 3. The standard InChI is InChI=1S/C22H18F3N3O4/c1-28-15(9-19(27-28)13-2-4-16(5-3-13)32-22(23,24)25)12-31-17-6-7-18-14(8-21(29)30)11-26-20(18)10-17/h2-7,9-11,26H,8,12H2,1H3,(H,29,30). The third kappa shape index (κ3) is 4.85. The highest BCUT2D eigenvalue weighted by molar-refractivity contribution is 5.87. The van der Waals surface area contributed by atoms with Gasteiger partial charge >= 0.3 is 12.3 Å². The second-order valence-electron chi connectivity index (χ2n) is 7.10. The lowest BCUT2D eigenvalue weighted by Gasteiger charge is -2.08. The molecule has 0 spiro atoms. The molecular weight excluding hydrogens is 427 g/mol. The van der Waals surface area contributed by atoms with Crippen molar-refractivity contribution in [2.75, 3.05) is 0 Å². The summed E-state index contributed by atoms with van der Waals surface area (Å²) in [6.07, 6.45) is -3.14. The van der Waals surface area contributed by atoms with Crippen LogP contribution in [0.3, 0.4) is 0 Å². The van der Waals surface area contributed by atoms with E-state index in [1.165, 1.54) is 24.3 Å². The predicted molar refractivity (Wildman–Crippen MR) is 109 cm³/mol. The van der Waals surface area contributed by atoms with Gasteiger partial charge in [-0.15, -0.1) is 13.2 Å². The molecule has 0 amide bonds. The van der Waals surface area contributed by atoms with Crippen LogP contribution in [0.4, 0.5) is 13.2 Å². The number of rotatable bonds is 7. The van der Waals surface area contributed by atoms with Crippen LogP contribution in [0.2, 0.25) is 0 Å². The van der Waals surface area contributed by atoms with E-state index in [1.807, 2.05) is 0 Å². The Balaban J connectivity index is 1.45. The maximum Gasteiger partial charge on any atom is 0.573 e. The van der Waals surface area contributed by atoms with Crippen LogP contribution in [0.1, 0.15) is 11.3 Å². The number of H-pyrrole nitrogens is 1. The molecule has 4 rings (SSSR count). The van der Waals surface area contributed by atoms with Crippen LogP contribution >= 0.6 is 0 Å². The monoisotopic (exact) mass is 445 g/mol. The summed E-state index contributed by atoms with van der Waals surface area (Å²) in [4.78, 5) is 14.0. The summed E-state index contributed by atoms with van der Waals surface area (Å²) >= 11 is 0. The molecule has 0 aliphatic carbocycles. The lowest BCUT2D eigenvalue weighted by molar-refractivity contribution is -0.274. The second-order valence-corrected chi connectivity index (χ2v) is 7.10. The van der Waals surface area contributed by atoms with Gasteiger partial charge in [0.15, 0.2) is 0 Å². The van der Waals surface area contributed by atoms with Gasteiger partial charge in [0.2, 0.25) is 0 Å². The number of aliphatic carboxylic acids is 1. The van der Waals surface area contributed by atoms with Crippen molar-refractivity contribution in [2.45, 2.75) is 19.4 Å². The molecule has 32 heavy (non-hydrogen) atoms. The lowest BCUT2D eigenvalue weighted by Crippen LogP contribution is -2.16. The van der Waals surface area contributed by atoms with Gasteiger partial charge in [-0.1, -0.05) is 0 Å². The third-order valence-electron chi connectivity index (χ3n) is 4.83. The van der Waals surface area contributed by atoms with Gasteiger partial charge in [0.05, 0.1) is 17.8 Å². The van der Waals surface area contributed by atoms with E-state index in [0.29, 0.717) is 22.6 Å². The number of nitrogens with zero attached hydrogens (tertiary/aromatic N) is 2. The Morgan fingerprint density at radius 2 is 1.84 bits per heavy atom. The van der Waals surface area contributed by atoms with Crippen molar-refractivity contribution >= 4 is 16.9 Å². The number of hydrogen-bond donors (Lipinski definition) is 2. The molecule has 166 valence electrons. The molecule has 2 aromatic carbocycles. The first kappa shape index (κ1) is 21.3. The van der Waals surface area contributed by atoms with Crippen LogP contribution in [0, 0.1) is 0 Å². The molecule has 0 unspecified atom stereocenters. The Labute approximate surface area is 180 Å². The minimum Gasteiger partial charge on any atom is -0.487 e. The van der Waals surface area contributed by atoms with E-state index in [9.17, 15) is 18.0 Å². The average Bonchev–Trinajstić information content (AvgIpc) is 3.28. The topological polar surface area (TPSA) is 89.4 Å². The summed E-state index contributed by atoms with van der Waals surface area (Å²) in [5.41, 5.74) is 3.45. The average molecular weight is 445 g/mol. The Kier molecular flexibility index (Phi) is 5.52. The van der Waals surface area contributed by atoms with Gasteiger partial charge in [-0.2, -0.15) is 5.10 Å². The molecular formula is C22H18F3N3O4. The molecule has 0 bridgehead atoms. The van der Waals surface area contributed by atoms with Crippen molar-refractivity contribution in [3.05, 3.63) is 66.0 Å². The van der Waals surface area contributed by atoms with E-state index in [1.54, 1.807) is 42.2 Å². The predicted octanol–water partition coefficient (Wildman–Crippen LogP) is 4.67. The molecule has 0 saturated carbocycles. The Bertz CT molecular complexity index is 1260. The highest BCUT2D eigenvalue weighted by Gasteiger charge is 2.31. The zero-order valence-corrected chi connectivity index (χ0v) is 16.8. The molecule has 2 N–H and O–H groups in total. The number of ether oxygens (including phenoxy) is 2. The van der Waals surface area contributed by atoms with Gasteiger partial charge in [-0.3, -0.25) is 9.48 Å². The van der Waals surface area contributed by atoms with Crippen LogP contribution in [0.15, 0.2) is 54.7 Å². The van der Waals surface area contributed by atoms with Gasteiger partial charge in [0.25, 0.3) is 0 Å². The van der Waals surface area contributed by atoms with E-state index in [4.69, 9.17) is 9.84 Å². The molecule has 0 fully saturated rings. The van der Waals surface area contributed by atoms with Crippen LogP contribution in [0.25, 0.3) is 22.2 Å². The van der Waals surface area contributed by atoms with E-state index < -0.39 is 12.3 Å². The summed E-state index contributed by atoms with van der Waals surface area (Å²) < 4.78 is 48.3. The normalized spacial score (nSPS) is 11.6. The maximum atomic E-state index is 12.3. The highest BCUT2D eigenvalue weighted by atomic mass is 19.4. The molecule has 0 aliphatic rings. The van der Waals surface area contributed by atoms with Crippen molar-refractivity contribution in [3.63, 3.8) is 0 Å². The summed E-state index contributed by atoms with van der Waals surface area (Å²) in [6, 6.07) is 12.6. The summed E-state index contributed by atoms with van der Waals surface area (Å²) in [5.74, 6) is -0.606. The fourth-order valence-electron chi connectivity index (χ4n) is 3.33. The smallest absolute Gasteiger partial charge is 0.487 e. The van der Waals surface area contributed by atoms with Crippen LogP contribution < -0.4 is 9.47 Å². The van der Waals surface area contributed by atoms with Crippen LogP contribution in [-0.4, -0.2) is 32.2 Å². The first-order valence-electron chi connectivity index (χ1n) is 9.51. The van der Waals surface area contributed by atoms with Crippen molar-refractivity contribution in [3.8, 4) is 22.8 Å². The quantitative estimate of drug-likeness (QED) is 0.432. The number of carboxylic acids is 1. The fourth-order valence-corrected chi connectivity index (χ4v) is 3.33. The number of nitrogens with one attached hydrogen (secondary N) is 1. The fraction of sp³-hybridized carbons (Fsp3) is 0.182. The zero-order valence-electron chi connectivity index (χ0n) is 16.8. The Hall–Kier alpha value is -3.95. The SMILES string of the molecule is Cn1nc(-c2ccc(OC(F)(F)F)cc2)cc1COc1ccc2c(CC(=O)O)c[nH]c2c1. The van der Waals surface area contributed by atoms with Crippen molar-refractivity contribution < 1.29 is 32.5 Å². The van der Waals surface area contributed by atoms with Crippen LogP contribution in [0.5, 0.6) is 11.5 Å². The molecule has 10 heteroatoms. The molecule has 0 atom stereocenters. The maximum absolute atomic E-state index is 12.3. The molecule has 4 aromatic rings. The Morgan fingerprint density at radius 1 is 1.12 bits per heavy atom. The van der Waals surface area contributed by atoms with Gasteiger partial charge in [0.1, 0.15) is 18.1 Å². The molecule has 2 heterocycles. The Morgan fingerprint density at radius 3 is 2.53 bits per heavy atom. The lowest BCUT2D eigenvalue weighted by atomic mass is 10.1. The number of carboxylic acid groups (broad SMARTS) is 1. The minimum atomic E-state index is -4.74. The van der Waals surface area contributed by atoms with Gasteiger partial charge in [0, 0.05) is 35.8 Å². The first-order valence-corrected chi connectivity index (χ1v) is 9.51. The largest absolute Gasteiger partial charge is 0.573 e. The first-order chi connectivity index (χ1) is 15.2. The molecule has 0 saturated heterocycles. The van der Waals surface area contributed by atoms with E-state index in [-0.39, 0.29) is 18.8 Å². The van der Waals surface area contributed by atoms with Gasteiger partial charge in [-0.05, 0) is 48.0 Å². The van der Waals surface area contributed by atoms with Crippen LogP contribution in [-0.2, 0) is 24.9 Å². The molecule has 7 nitrogen and oxygen atoms in total. The molecule has 0 aliphatic heterocycles. The number of carbonyl (C=O) groups is 1. The van der Waals surface area contributed by atoms with E-state index in [0.717, 1.165) is 16.6 Å².